The topological polar surface area (TPSA) is 38.5 Å². The summed E-state index contributed by atoms with van der Waals surface area (Å²) in [6, 6.07) is 6.30. The molecule has 120 valence electrons. The molecular weight excluding hydrogens is 284 g/mol. The quantitative estimate of drug-likeness (QED) is 0.755. The van der Waals surface area contributed by atoms with Crippen LogP contribution in [0.3, 0.4) is 0 Å². The Morgan fingerprint density at radius 2 is 2.05 bits per heavy atom. The standard InChI is InChI=1S/C17H29ClN2O/c1-5-16(19)10-14-6-7-15(18)11-17(14)20(8-9-21-4)12-13(2)3/h6-7,11,13,16H,5,8-10,12,19H2,1-4H3. The van der Waals surface area contributed by atoms with Gasteiger partial charge >= 0.3 is 0 Å². The second-order valence-corrected chi connectivity index (χ2v) is 6.41. The molecule has 1 atom stereocenters. The molecule has 1 aromatic rings. The number of hydrogen-bond acceptors (Lipinski definition) is 3. The fourth-order valence-corrected chi connectivity index (χ4v) is 2.55. The summed E-state index contributed by atoms with van der Waals surface area (Å²) in [7, 11) is 1.74. The van der Waals surface area contributed by atoms with Crippen molar-refractivity contribution in [1.29, 1.82) is 0 Å². The van der Waals surface area contributed by atoms with Gasteiger partial charge in [-0.1, -0.05) is 38.4 Å². The number of ether oxygens (including phenoxy) is 1. The first-order valence-electron chi connectivity index (χ1n) is 7.75. The first kappa shape index (κ1) is 18.3. The predicted molar refractivity (Wildman–Crippen MR) is 92.3 cm³/mol. The molecule has 0 spiro atoms. The average molecular weight is 313 g/mol. The van der Waals surface area contributed by atoms with E-state index in [-0.39, 0.29) is 6.04 Å². The molecule has 4 heteroatoms. The van der Waals surface area contributed by atoms with Crippen molar-refractivity contribution in [2.24, 2.45) is 11.7 Å². The van der Waals surface area contributed by atoms with Gasteiger partial charge in [-0.2, -0.15) is 0 Å². The number of benzene rings is 1. The summed E-state index contributed by atoms with van der Waals surface area (Å²) in [6.07, 6.45) is 1.86. The zero-order chi connectivity index (χ0) is 15.8. The van der Waals surface area contributed by atoms with Crippen molar-refractivity contribution in [3.8, 4) is 0 Å². The third-order valence-electron chi connectivity index (χ3n) is 3.55. The average Bonchev–Trinajstić information content (AvgIpc) is 2.44. The number of hydrogen-bond donors (Lipinski definition) is 1. The Morgan fingerprint density at radius 3 is 2.62 bits per heavy atom. The summed E-state index contributed by atoms with van der Waals surface area (Å²) < 4.78 is 5.25. The van der Waals surface area contributed by atoms with Crippen molar-refractivity contribution >= 4 is 17.3 Å². The summed E-state index contributed by atoms with van der Waals surface area (Å²) in [5, 5.41) is 0.769. The predicted octanol–water partition coefficient (Wildman–Crippen LogP) is 3.73. The fraction of sp³-hybridized carbons (Fsp3) is 0.647. The van der Waals surface area contributed by atoms with Crippen LogP contribution in [-0.4, -0.2) is 32.8 Å². The Hall–Kier alpha value is -0.770. The Labute approximate surface area is 134 Å². The van der Waals surface area contributed by atoms with E-state index in [2.05, 4.69) is 37.8 Å². The molecule has 0 aliphatic carbocycles. The largest absolute Gasteiger partial charge is 0.383 e. The minimum absolute atomic E-state index is 0.188. The second kappa shape index (κ2) is 9.29. The Balaban J connectivity index is 3.04. The lowest BCUT2D eigenvalue weighted by Gasteiger charge is -2.29. The highest BCUT2D eigenvalue weighted by Gasteiger charge is 2.15. The van der Waals surface area contributed by atoms with E-state index in [1.165, 1.54) is 11.3 Å². The first-order valence-corrected chi connectivity index (χ1v) is 8.13. The van der Waals surface area contributed by atoms with E-state index >= 15 is 0 Å². The minimum atomic E-state index is 0.188. The molecule has 1 aromatic carbocycles. The van der Waals surface area contributed by atoms with E-state index in [4.69, 9.17) is 22.1 Å². The van der Waals surface area contributed by atoms with Crippen LogP contribution in [-0.2, 0) is 11.2 Å². The van der Waals surface area contributed by atoms with Crippen molar-refractivity contribution in [3.05, 3.63) is 28.8 Å². The summed E-state index contributed by atoms with van der Waals surface area (Å²) in [4.78, 5) is 2.36. The van der Waals surface area contributed by atoms with Gasteiger partial charge in [-0.25, -0.2) is 0 Å². The normalized spacial score (nSPS) is 12.7. The van der Waals surface area contributed by atoms with Gasteiger partial charge in [0.25, 0.3) is 0 Å². The number of nitrogens with zero attached hydrogens (tertiary/aromatic N) is 1. The molecule has 0 fully saturated rings. The molecule has 3 nitrogen and oxygen atoms in total. The zero-order valence-electron chi connectivity index (χ0n) is 13.7. The third-order valence-corrected chi connectivity index (χ3v) is 3.78. The van der Waals surface area contributed by atoms with Gasteiger partial charge in [0.15, 0.2) is 0 Å². The van der Waals surface area contributed by atoms with Crippen LogP contribution in [0.1, 0.15) is 32.8 Å². The molecule has 0 heterocycles. The van der Waals surface area contributed by atoms with Gasteiger partial charge in [0.05, 0.1) is 6.61 Å². The maximum Gasteiger partial charge on any atom is 0.0637 e. The zero-order valence-corrected chi connectivity index (χ0v) is 14.5. The van der Waals surface area contributed by atoms with Crippen LogP contribution in [0.4, 0.5) is 5.69 Å². The van der Waals surface area contributed by atoms with Gasteiger partial charge in [0.2, 0.25) is 0 Å². The fourth-order valence-electron chi connectivity index (χ4n) is 2.38. The molecule has 0 saturated carbocycles. The summed E-state index contributed by atoms with van der Waals surface area (Å²) in [5.74, 6) is 0.577. The number of halogens is 1. The first-order chi connectivity index (χ1) is 9.97. The summed E-state index contributed by atoms with van der Waals surface area (Å²) in [6.45, 7) is 9.13. The molecular formula is C17H29ClN2O. The van der Waals surface area contributed by atoms with Gasteiger partial charge in [-0.15, -0.1) is 0 Å². The lowest BCUT2D eigenvalue weighted by Crippen LogP contribution is -2.32. The van der Waals surface area contributed by atoms with Gasteiger partial charge < -0.3 is 15.4 Å². The van der Waals surface area contributed by atoms with Crippen LogP contribution >= 0.6 is 11.6 Å². The second-order valence-electron chi connectivity index (χ2n) is 5.98. The Morgan fingerprint density at radius 1 is 1.33 bits per heavy atom. The van der Waals surface area contributed by atoms with Crippen LogP contribution < -0.4 is 10.6 Å². The SMILES string of the molecule is CCC(N)Cc1ccc(Cl)cc1N(CCOC)CC(C)C. The smallest absolute Gasteiger partial charge is 0.0637 e. The molecule has 0 aliphatic heterocycles. The number of rotatable bonds is 9. The van der Waals surface area contributed by atoms with Crippen LogP contribution in [0.25, 0.3) is 0 Å². The third kappa shape index (κ3) is 6.25. The lowest BCUT2D eigenvalue weighted by molar-refractivity contribution is 0.204. The van der Waals surface area contributed by atoms with Gasteiger partial charge in [0.1, 0.15) is 0 Å². The van der Waals surface area contributed by atoms with E-state index < -0.39 is 0 Å². The van der Waals surface area contributed by atoms with Crippen molar-refractivity contribution in [2.75, 3.05) is 31.7 Å². The number of anilines is 1. The van der Waals surface area contributed by atoms with E-state index in [0.717, 1.165) is 31.0 Å². The van der Waals surface area contributed by atoms with Crippen molar-refractivity contribution < 1.29 is 4.74 Å². The van der Waals surface area contributed by atoms with Crippen LogP contribution in [0, 0.1) is 5.92 Å². The van der Waals surface area contributed by atoms with Crippen LogP contribution in [0.5, 0.6) is 0 Å². The van der Waals surface area contributed by atoms with E-state index in [1.807, 2.05) is 6.07 Å². The van der Waals surface area contributed by atoms with E-state index in [0.29, 0.717) is 12.5 Å². The van der Waals surface area contributed by atoms with E-state index in [9.17, 15) is 0 Å². The minimum Gasteiger partial charge on any atom is -0.383 e. The highest BCUT2D eigenvalue weighted by atomic mass is 35.5. The maximum atomic E-state index is 6.21. The van der Waals surface area contributed by atoms with Gasteiger partial charge in [-0.05, 0) is 36.5 Å². The van der Waals surface area contributed by atoms with Crippen molar-refractivity contribution in [1.82, 2.24) is 0 Å². The Bertz CT molecular complexity index is 423. The molecule has 0 bridgehead atoms. The molecule has 1 unspecified atom stereocenters. The molecule has 0 saturated heterocycles. The van der Waals surface area contributed by atoms with Gasteiger partial charge in [-0.3, -0.25) is 0 Å². The molecule has 0 amide bonds. The Kier molecular flexibility index (Phi) is 8.09. The number of methoxy groups -OCH3 is 1. The molecule has 0 aromatic heterocycles. The van der Waals surface area contributed by atoms with E-state index in [1.54, 1.807) is 7.11 Å². The van der Waals surface area contributed by atoms with Crippen molar-refractivity contribution in [3.63, 3.8) is 0 Å². The molecule has 1 rings (SSSR count). The van der Waals surface area contributed by atoms with Gasteiger partial charge in [0, 0.05) is 37.0 Å². The maximum absolute atomic E-state index is 6.21. The monoisotopic (exact) mass is 312 g/mol. The van der Waals surface area contributed by atoms with Crippen LogP contribution in [0.2, 0.25) is 5.02 Å². The molecule has 0 radical (unpaired) electrons. The number of nitrogens with two attached hydrogens (primary N) is 1. The summed E-state index contributed by atoms with van der Waals surface area (Å²) in [5.41, 5.74) is 8.60. The molecule has 0 aliphatic rings. The van der Waals surface area contributed by atoms with Crippen LogP contribution in [0.15, 0.2) is 18.2 Å². The van der Waals surface area contributed by atoms with Crippen molar-refractivity contribution in [2.45, 2.75) is 39.7 Å². The highest BCUT2D eigenvalue weighted by Crippen LogP contribution is 2.27. The summed E-state index contributed by atoms with van der Waals surface area (Å²) >= 11 is 6.21. The lowest BCUT2D eigenvalue weighted by atomic mass is 10.0. The molecule has 2 N–H and O–H groups in total. The highest BCUT2D eigenvalue weighted by molar-refractivity contribution is 6.30. The molecule has 21 heavy (non-hydrogen) atoms.